The van der Waals surface area contributed by atoms with Crippen molar-refractivity contribution in [3.8, 4) is 0 Å². The Labute approximate surface area is 162 Å². The fourth-order valence-electron chi connectivity index (χ4n) is 2.59. The highest BCUT2D eigenvalue weighted by atomic mass is 19.1. The van der Waals surface area contributed by atoms with Crippen LogP contribution < -0.4 is 10.6 Å². The first-order chi connectivity index (χ1) is 13.4. The summed E-state index contributed by atoms with van der Waals surface area (Å²) in [4.78, 5) is 26.7. The number of rotatable bonds is 6. The van der Waals surface area contributed by atoms with E-state index < -0.39 is 0 Å². The van der Waals surface area contributed by atoms with Gasteiger partial charge in [-0.15, -0.1) is 0 Å². The molecule has 0 aliphatic heterocycles. The molecule has 2 aromatic heterocycles. The maximum absolute atomic E-state index is 13.2. The van der Waals surface area contributed by atoms with Gasteiger partial charge in [0.2, 0.25) is 0 Å². The molecule has 8 heteroatoms. The summed E-state index contributed by atoms with van der Waals surface area (Å²) in [5, 5.41) is 6.31. The van der Waals surface area contributed by atoms with Crippen LogP contribution in [0.25, 0.3) is 0 Å². The quantitative estimate of drug-likeness (QED) is 0.680. The highest BCUT2D eigenvalue weighted by Crippen LogP contribution is 2.24. The largest absolute Gasteiger partial charge is 0.363 e. The molecule has 3 rings (SSSR count). The van der Waals surface area contributed by atoms with E-state index in [2.05, 4.69) is 25.6 Å². The Morgan fingerprint density at radius 1 is 1.07 bits per heavy atom. The number of hydrogen-bond acceptors (Lipinski definition) is 6. The predicted molar refractivity (Wildman–Crippen MR) is 106 cm³/mol. The van der Waals surface area contributed by atoms with E-state index in [0.717, 1.165) is 5.56 Å². The van der Waals surface area contributed by atoms with Gasteiger partial charge in [0.05, 0.1) is 11.8 Å². The molecule has 2 heterocycles. The van der Waals surface area contributed by atoms with Crippen LogP contribution >= 0.6 is 0 Å². The summed E-state index contributed by atoms with van der Waals surface area (Å²) >= 11 is 0. The molecule has 144 valence electrons. The van der Waals surface area contributed by atoms with Gasteiger partial charge in [-0.1, -0.05) is 12.1 Å². The molecule has 3 aromatic rings. The number of amides is 1. The zero-order valence-electron chi connectivity index (χ0n) is 15.8. The van der Waals surface area contributed by atoms with Gasteiger partial charge in [0, 0.05) is 32.5 Å². The Balaban J connectivity index is 1.91. The second-order valence-corrected chi connectivity index (χ2v) is 6.43. The van der Waals surface area contributed by atoms with Crippen molar-refractivity contribution < 1.29 is 9.18 Å². The van der Waals surface area contributed by atoms with Crippen LogP contribution in [0, 0.1) is 5.82 Å². The van der Waals surface area contributed by atoms with Crippen LogP contribution in [-0.4, -0.2) is 39.9 Å². The minimum absolute atomic E-state index is 0.174. The smallest absolute Gasteiger partial charge is 0.257 e. The molecule has 0 aliphatic rings. The van der Waals surface area contributed by atoms with E-state index in [-0.39, 0.29) is 17.8 Å². The van der Waals surface area contributed by atoms with Crippen molar-refractivity contribution in [3.05, 3.63) is 71.9 Å². The van der Waals surface area contributed by atoms with Gasteiger partial charge in [0.1, 0.15) is 23.3 Å². The Morgan fingerprint density at radius 2 is 1.82 bits per heavy atom. The number of benzene rings is 1. The maximum Gasteiger partial charge on any atom is 0.257 e. The van der Waals surface area contributed by atoms with E-state index >= 15 is 0 Å². The molecule has 1 atom stereocenters. The average Bonchev–Trinajstić information content (AvgIpc) is 2.69. The highest BCUT2D eigenvalue weighted by molar-refractivity contribution is 5.98. The molecule has 0 bridgehead atoms. The first kappa shape index (κ1) is 19.2. The Morgan fingerprint density at radius 3 is 2.46 bits per heavy atom. The van der Waals surface area contributed by atoms with Gasteiger partial charge in [-0.2, -0.15) is 0 Å². The van der Waals surface area contributed by atoms with Crippen molar-refractivity contribution in [3.63, 3.8) is 0 Å². The lowest BCUT2D eigenvalue weighted by Gasteiger charge is -2.20. The van der Waals surface area contributed by atoms with Crippen molar-refractivity contribution in [2.45, 2.75) is 13.0 Å². The molecule has 0 unspecified atom stereocenters. The van der Waals surface area contributed by atoms with Gasteiger partial charge in [0.25, 0.3) is 5.91 Å². The molecule has 0 aliphatic carbocycles. The molecular formula is C20H21FN6O. The summed E-state index contributed by atoms with van der Waals surface area (Å²) < 4.78 is 13.2. The molecule has 1 amide bonds. The average molecular weight is 380 g/mol. The van der Waals surface area contributed by atoms with E-state index in [9.17, 15) is 9.18 Å². The number of aromatic nitrogens is 3. The number of pyridine rings is 1. The van der Waals surface area contributed by atoms with Crippen LogP contribution in [0.2, 0.25) is 0 Å². The van der Waals surface area contributed by atoms with Crippen molar-refractivity contribution in [1.82, 2.24) is 19.9 Å². The van der Waals surface area contributed by atoms with Crippen molar-refractivity contribution in [2.75, 3.05) is 24.7 Å². The Bertz CT molecular complexity index is 947. The van der Waals surface area contributed by atoms with E-state index in [0.29, 0.717) is 23.0 Å². The summed E-state index contributed by atoms with van der Waals surface area (Å²) in [7, 11) is 3.36. The van der Waals surface area contributed by atoms with E-state index in [1.54, 1.807) is 57.0 Å². The molecule has 0 saturated carbocycles. The standard InChI is InChI=1S/C20H21FN6O/c1-13(14-4-6-15(21)7-5-14)24-19-16(20(28)27(2)3)8-9-17(26-19)25-18-12-22-10-11-23-18/h4-13H,1-3H3,(H2,23,24,25,26)/t13-/m0/s1. The van der Waals surface area contributed by atoms with Crippen molar-refractivity contribution >= 4 is 23.4 Å². The lowest BCUT2D eigenvalue weighted by Crippen LogP contribution is -2.24. The number of hydrogen-bond donors (Lipinski definition) is 2. The SMILES string of the molecule is C[C@H](Nc1nc(Nc2cnccn2)ccc1C(=O)N(C)C)c1ccc(F)cc1. The van der Waals surface area contributed by atoms with Crippen LogP contribution in [-0.2, 0) is 0 Å². The Kier molecular flexibility index (Phi) is 5.78. The highest BCUT2D eigenvalue weighted by Gasteiger charge is 2.18. The Hall–Kier alpha value is -3.55. The molecule has 0 saturated heterocycles. The lowest BCUT2D eigenvalue weighted by molar-refractivity contribution is 0.0828. The monoisotopic (exact) mass is 380 g/mol. The molecule has 1 aromatic carbocycles. The lowest BCUT2D eigenvalue weighted by atomic mass is 10.1. The number of nitrogens with one attached hydrogen (secondary N) is 2. The molecule has 28 heavy (non-hydrogen) atoms. The summed E-state index contributed by atoms with van der Waals surface area (Å²) in [6.07, 6.45) is 4.73. The van der Waals surface area contributed by atoms with Gasteiger partial charge in [0.15, 0.2) is 0 Å². The minimum atomic E-state index is -0.298. The number of nitrogens with zero attached hydrogens (tertiary/aromatic N) is 4. The molecule has 0 fully saturated rings. The summed E-state index contributed by atoms with van der Waals surface area (Å²) in [5.41, 5.74) is 1.31. The van der Waals surface area contributed by atoms with Gasteiger partial charge >= 0.3 is 0 Å². The van der Waals surface area contributed by atoms with Crippen molar-refractivity contribution in [2.24, 2.45) is 0 Å². The van der Waals surface area contributed by atoms with Crippen molar-refractivity contribution in [1.29, 1.82) is 0 Å². The predicted octanol–water partition coefficient (Wildman–Crippen LogP) is 3.63. The third-order valence-corrected chi connectivity index (χ3v) is 4.07. The summed E-state index contributed by atoms with van der Waals surface area (Å²) in [6, 6.07) is 9.42. The molecular weight excluding hydrogens is 359 g/mol. The zero-order chi connectivity index (χ0) is 20.1. The van der Waals surface area contributed by atoms with E-state index in [1.807, 2.05) is 6.92 Å². The van der Waals surface area contributed by atoms with E-state index in [1.165, 1.54) is 17.0 Å². The second-order valence-electron chi connectivity index (χ2n) is 6.43. The van der Waals surface area contributed by atoms with Gasteiger partial charge in [-0.25, -0.2) is 14.4 Å². The van der Waals surface area contributed by atoms with Crippen LogP contribution in [0.3, 0.4) is 0 Å². The maximum atomic E-state index is 13.2. The van der Waals surface area contributed by atoms with Gasteiger partial charge < -0.3 is 15.5 Å². The van der Waals surface area contributed by atoms with Gasteiger partial charge in [-0.3, -0.25) is 9.78 Å². The third kappa shape index (κ3) is 4.59. The third-order valence-electron chi connectivity index (χ3n) is 4.07. The minimum Gasteiger partial charge on any atom is -0.363 e. The van der Waals surface area contributed by atoms with Crippen LogP contribution in [0.1, 0.15) is 28.9 Å². The second kappa shape index (κ2) is 8.43. The molecule has 0 radical (unpaired) electrons. The summed E-state index contributed by atoms with van der Waals surface area (Å²) in [6.45, 7) is 1.92. The fourth-order valence-corrected chi connectivity index (χ4v) is 2.59. The van der Waals surface area contributed by atoms with Crippen LogP contribution in [0.15, 0.2) is 55.0 Å². The van der Waals surface area contributed by atoms with Crippen LogP contribution in [0.4, 0.5) is 21.8 Å². The normalized spacial score (nSPS) is 11.6. The number of carbonyl (C=O) groups is 1. The first-order valence-corrected chi connectivity index (χ1v) is 8.72. The first-order valence-electron chi connectivity index (χ1n) is 8.72. The topological polar surface area (TPSA) is 83.0 Å². The zero-order valence-corrected chi connectivity index (χ0v) is 15.8. The number of carbonyl (C=O) groups excluding carboxylic acids is 1. The molecule has 0 spiro atoms. The van der Waals surface area contributed by atoms with Crippen LogP contribution in [0.5, 0.6) is 0 Å². The fraction of sp³-hybridized carbons (Fsp3) is 0.200. The summed E-state index contributed by atoms with van der Waals surface area (Å²) in [5.74, 6) is 1.01. The molecule has 2 N–H and O–H groups in total. The number of anilines is 3. The number of halogens is 1. The van der Waals surface area contributed by atoms with E-state index in [4.69, 9.17) is 0 Å². The molecule has 7 nitrogen and oxygen atoms in total. The van der Waals surface area contributed by atoms with Gasteiger partial charge in [-0.05, 0) is 36.8 Å².